The second kappa shape index (κ2) is 9.26. The molecule has 146 valence electrons. The molecular formula is C22H23Cl2N3O. The van der Waals surface area contributed by atoms with Crippen molar-refractivity contribution in [3.05, 3.63) is 75.9 Å². The maximum absolute atomic E-state index is 12.4. The van der Waals surface area contributed by atoms with Crippen LogP contribution in [0.25, 0.3) is 11.3 Å². The Kier molecular flexibility index (Phi) is 6.76. The van der Waals surface area contributed by atoms with Gasteiger partial charge in [0, 0.05) is 20.6 Å². The third-order valence-corrected chi connectivity index (χ3v) is 5.43. The van der Waals surface area contributed by atoms with E-state index < -0.39 is 0 Å². The van der Waals surface area contributed by atoms with Gasteiger partial charge < -0.3 is 4.90 Å². The van der Waals surface area contributed by atoms with E-state index in [0.717, 1.165) is 35.4 Å². The molecule has 0 radical (unpaired) electrons. The van der Waals surface area contributed by atoms with Gasteiger partial charge in [0.25, 0.3) is 0 Å². The number of likely N-dealkylation sites (N-methyl/N-ethyl adjacent to an activating group) is 1. The van der Waals surface area contributed by atoms with E-state index in [-0.39, 0.29) is 5.91 Å². The number of halogens is 2. The Morgan fingerprint density at radius 3 is 2.54 bits per heavy atom. The molecule has 0 saturated carbocycles. The molecule has 2 aromatic carbocycles. The summed E-state index contributed by atoms with van der Waals surface area (Å²) in [4.78, 5) is 14.2. The lowest BCUT2D eigenvalue weighted by Gasteiger charge is -2.17. The lowest BCUT2D eigenvalue weighted by molar-refractivity contribution is -0.129. The fraction of sp³-hybridized carbons (Fsp3) is 0.273. The van der Waals surface area contributed by atoms with Gasteiger partial charge in [-0.3, -0.25) is 9.48 Å². The fourth-order valence-electron chi connectivity index (χ4n) is 3.11. The zero-order valence-corrected chi connectivity index (χ0v) is 17.5. The van der Waals surface area contributed by atoms with Crippen molar-refractivity contribution < 1.29 is 4.79 Å². The topological polar surface area (TPSA) is 38.1 Å². The Labute approximate surface area is 175 Å². The summed E-state index contributed by atoms with van der Waals surface area (Å²) in [5.74, 6) is 0.0596. The van der Waals surface area contributed by atoms with Gasteiger partial charge in [-0.15, -0.1) is 0 Å². The monoisotopic (exact) mass is 415 g/mol. The second-order valence-corrected chi connectivity index (χ2v) is 7.67. The molecule has 0 unspecified atom stereocenters. The van der Waals surface area contributed by atoms with Crippen LogP contribution in [0.15, 0.2) is 54.6 Å². The average molecular weight is 416 g/mol. The van der Waals surface area contributed by atoms with Gasteiger partial charge >= 0.3 is 0 Å². The van der Waals surface area contributed by atoms with Crippen LogP contribution in [-0.4, -0.2) is 34.2 Å². The Morgan fingerprint density at radius 1 is 1.07 bits per heavy atom. The first-order chi connectivity index (χ1) is 13.4. The number of aryl methyl sites for hydroxylation is 2. The van der Waals surface area contributed by atoms with Crippen molar-refractivity contribution in [2.75, 3.05) is 13.6 Å². The van der Waals surface area contributed by atoms with Crippen molar-refractivity contribution in [1.29, 1.82) is 0 Å². The maximum Gasteiger partial charge on any atom is 0.226 e. The highest BCUT2D eigenvalue weighted by Gasteiger charge is 2.12. The zero-order valence-electron chi connectivity index (χ0n) is 16.0. The SMILES string of the molecule is CN(CCCc1cc(-c2ccccc2)n(C)n1)C(=O)Cc1ccc(Cl)c(Cl)c1. The number of carbonyl (C=O) groups is 1. The number of hydrogen-bond acceptors (Lipinski definition) is 2. The van der Waals surface area contributed by atoms with E-state index in [4.69, 9.17) is 23.2 Å². The first-order valence-electron chi connectivity index (χ1n) is 9.20. The van der Waals surface area contributed by atoms with Crippen molar-refractivity contribution in [2.24, 2.45) is 7.05 Å². The molecule has 0 fully saturated rings. The average Bonchev–Trinajstić information content (AvgIpc) is 3.06. The van der Waals surface area contributed by atoms with Gasteiger partial charge in [-0.1, -0.05) is 59.6 Å². The normalized spacial score (nSPS) is 10.9. The lowest BCUT2D eigenvalue weighted by Crippen LogP contribution is -2.29. The first-order valence-corrected chi connectivity index (χ1v) is 9.96. The molecule has 1 aromatic heterocycles. The van der Waals surface area contributed by atoms with E-state index in [1.165, 1.54) is 0 Å². The Bertz CT molecular complexity index is 954. The van der Waals surface area contributed by atoms with E-state index >= 15 is 0 Å². The number of nitrogens with zero attached hydrogens (tertiary/aromatic N) is 3. The molecule has 3 aromatic rings. The maximum atomic E-state index is 12.4. The molecule has 0 saturated heterocycles. The van der Waals surface area contributed by atoms with E-state index in [9.17, 15) is 4.79 Å². The van der Waals surface area contributed by atoms with Crippen molar-refractivity contribution in [3.8, 4) is 11.3 Å². The molecule has 1 heterocycles. The predicted octanol–water partition coefficient (Wildman–Crippen LogP) is 5.03. The van der Waals surface area contributed by atoms with Crippen LogP contribution < -0.4 is 0 Å². The summed E-state index contributed by atoms with van der Waals surface area (Å²) in [6, 6.07) is 17.6. The highest BCUT2D eigenvalue weighted by Crippen LogP contribution is 2.23. The fourth-order valence-corrected chi connectivity index (χ4v) is 3.43. The molecule has 0 atom stereocenters. The van der Waals surface area contributed by atoms with E-state index in [1.54, 1.807) is 17.0 Å². The van der Waals surface area contributed by atoms with Gasteiger partial charge in [-0.05, 0) is 42.2 Å². The number of amides is 1. The molecule has 3 rings (SSSR count). The van der Waals surface area contributed by atoms with Crippen LogP contribution in [0.3, 0.4) is 0 Å². The van der Waals surface area contributed by atoms with E-state index in [0.29, 0.717) is 23.0 Å². The molecule has 1 amide bonds. The number of hydrogen-bond donors (Lipinski definition) is 0. The van der Waals surface area contributed by atoms with Gasteiger partial charge in [0.05, 0.1) is 27.9 Å². The van der Waals surface area contributed by atoms with Crippen molar-refractivity contribution in [3.63, 3.8) is 0 Å². The third kappa shape index (κ3) is 5.15. The predicted molar refractivity (Wildman–Crippen MR) is 115 cm³/mol. The molecule has 0 aliphatic heterocycles. The summed E-state index contributed by atoms with van der Waals surface area (Å²) in [7, 11) is 3.78. The van der Waals surface area contributed by atoms with Crippen LogP contribution in [0, 0.1) is 0 Å². The smallest absolute Gasteiger partial charge is 0.226 e. The molecule has 0 spiro atoms. The van der Waals surface area contributed by atoms with Crippen LogP contribution in [0.2, 0.25) is 10.0 Å². The number of benzene rings is 2. The van der Waals surface area contributed by atoms with Crippen LogP contribution in [-0.2, 0) is 24.7 Å². The van der Waals surface area contributed by atoms with Gasteiger partial charge in [0.1, 0.15) is 0 Å². The minimum absolute atomic E-state index is 0.0596. The molecule has 6 heteroatoms. The number of rotatable bonds is 7. The first kappa shape index (κ1) is 20.4. The highest BCUT2D eigenvalue weighted by atomic mass is 35.5. The minimum Gasteiger partial charge on any atom is -0.345 e. The third-order valence-electron chi connectivity index (χ3n) is 4.69. The summed E-state index contributed by atoms with van der Waals surface area (Å²) < 4.78 is 1.91. The molecule has 0 aliphatic rings. The zero-order chi connectivity index (χ0) is 20.1. The Balaban J connectivity index is 1.52. The Morgan fingerprint density at radius 2 is 1.82 bits per heavy atom. The number of carbonyl (C=O) groups excluding carboxylic acids is 1. The van der Waals surface area contributed by atoms with Crippen LogP contribution in [0.5, 0.6) is 0 Å². The summed E-state index contributed by atoms with van der Waals surface area (Å²) in [6.45, 7) is 0.678. The Hall–Kier alpha value is -2.30. The van der Waals surface area contributed by atoms with E-state index in [2.05, 4.69) is 23.3 Å². The van der Waals surface area contributed by atoms with Crippen molar-refractivity contribution in [1.82, 2.24) is 14.7 Å². The number of aromatic nitrogens is 2. The molecule has 4 nitrogen and oxygen atoms in total. The van der Waals surface area contributed by atoms with Gasteiger partial charge in [-0.2, -0.15) is 5.10 Å². The van der Waals surface area contributed by atoms with Crippen molar-refractivity contribution >= 4 is 29.1 Å². The summed E-state index contributed by atoms with van der Waals surface area (Å²) in [6.07, 6.45) is 2.00. The summed E-state index contributed by atoms with van der Waals surface area (Å²) >= 11 is 11.9. The van der Waals surface area contributed by atoms with Crippen LogP contribution >= 0.6 is 23.2 Å². The largest absolute Gasteiger partial charge is 0.345 e. The lowest BCUT2D eigenvalue weighted by atomic mass is 10.1. The molecule has 28 heavy (non-hydrogen) atoms. The second-order valence-electron chi connectivity index (χ2n) is 6.85. The quantitative estimate of drug-likeness (QED) is 0.542. The molecular weight excluding hydrogens is 393 g/mol. The summed E-state index contributed by atoms with van der Waals surface area (Å²) in [5.41, 5.74) is 4.15. The van der Waals surface area contributed by atoms with Gasteiger partial charge in [0.15, 0.2) is 0 Å². The van der Waals surface area contributed by atoms with Gasteiger partial charge in [0.2, 0.25) is 5.91 Å². The standard InChI is InChI=1S/C22H23Cl2N3O/c1-26(22(28)14-16-10-11-19(23)20(24)13-16)12-6-9-18-15-21(27(2)25-18)17-7-4-3-5-8-17/h3-5,7-8,10-11,13,15H,6,9,12,14H2,1-2H3. The highest BCUT2D eigenvalue weighted by molar-refractivity contribution is 6.42. The van der Waals surface area contributed by atoms with Crippen LogP contribution in [0.1, 0.15) is 17.7 Å². The summed E-state index contributed by atoms with van der Waals surface area (Å²) in [5, 5.41) is 5.57. The van der Waals surface area contributed by atoms with Crippen molar-refractivity contribution in [2.45, 2.75) is 19.3 Å². The minimum atomic E-state index is 0.0596. The molecule has 0 aliphatic carbocycles. The van der Waals surface area contributed by atoms with Crippen LogP contribution in [0.4, 0.5) is 0 Å². The van der Waals surface area contributed by atoms with E-state index in [1.807, 2.05) is 43.0 Å². The molecule has 0 N–H and O–H groups in total. The van der Waals surface area contributed by atoms with Gasteiger partial charge in [-0.25, -0.2) is 0 Å². The molecule has 0 bridgehead atoms.